The fraction of sp³-hybridized carbons (Fsp3) is 0.167. The van der Waals surface area contributed by atoms with Crippen LogP contribution in [0.2, 0.25) is 0 Å². The minimum atomic E-state index is -0.295. The molecule has 0 bridgehead atoms. The number of nitrogens with one attached hydrogen (secondary N) is 1. The molecule has 3 rings (SSSR count). The molecule has 30 heavy (non-hydrogen) atoms. The minimum Gasteiger partial charge on any atom is -0.497 e. The fourth-order valence-corrected chi connectivity index (χ4v) is 2.68. The van der Waals surface area contributed by atoms with E-state index in [1.165, 1.54) is 0 Å². The Hall–Kier alpha value is -3.80. The van der Waals surface area contributed by atoms with E-state index >= 15 is 0 Å². The molecule has 0 atom stereocenters. The lowest BCUT2D eigenvalue weighted by Crippen LogP contribution is -2.17. The Morgan fingerprint density at radius 2 is 1.63 bits per heavy atom. The highest BCUT2D eigenvalue weighted by Crippen LogP contribution is 2.17. The van der Waals surface area contributed by atoms with Crippen LogP contribution in [0.15, 0.2) is 77.9 Å². The second kappa shape index (κ2) is 10.7. The van der Waals surface area contributed by atoms with E-state index in [9.17, 15) is 4.79 Å². The maximum absolute atomic E-state index is 12.2. The molecule has 0 aliphatic rings. The number of methoxy groups -OCH3 is 1. The van der Waals surface area contributed by atoms with Gasteiger partial charge in [0.1, 0.15) is 23.9 Å². The van der Waals surface area contributed by atoms with Gasteiger partial charge in [-0.2, -0.15) is 5.10 Å². The first kappa shape index (κ1) is 20.9. The molecular weight excluding hydrogens is 380 g/mol. The highest BCUT2D eigenvalue weighted by atomic mass is 16.5. The molecule has 0 aliphatic heterocycles. The second-order valence-corrected chi connectivity index (χ2v) is 6.37. The summed E-state index contributed by atoms with van der Waals surface area (Å²) in [6.45, 7) is 2.97. The van der Waals surface area contributed by atoms with Crippen LogP contribution < -0.4 is 19.6 Å². The van der Waals surface area contributed by atoms with Gasteiger partial charge in [-0.1, -0.05) is 12.1 Å². The lowest BCUT2D eigenvalue weighted by molar-refractivity contribution is 0.0955. The number of carbonyl (C=O) groups is 1. The van der Waals surface area contributed by atoms with E-state index in [1.54, 1.807) is 37.6 Å². The highest BCUT2D eigenvalue weighted by molar-refractivity contribution is 5.95. The van der Waals surface area contributed by atoms with Crippen LogP contribution in [-0.2, 0) is 6.61 Å². The third-order valence-electron chi connectivity index (χ3n) is 4.23. The molecule has 0 fully saturated rings. The Morgan fingerprint density at radius 3 is 2.33 bits per heavy atom. The second-order valence-electron chi connectivity index (χ2n) is 6.37. The summed E-state index contributed by atoms with van der Waals surface area (Å²) in [5.41, 5.74) is 4.88. The molecule has 0 saturated carbocycles. The molecule has 6 heteroatoms. The van der Waals surface area contributed by atoms with Crippen LogP contribution in [-0.4, -0.2) is 25.8 Å². The zero-order valence-corrected chi connectivity index (χ0v) is 17.0. The zero-order chi connectivity index (χ0) is 21.2. The molecule has 0 radical (unpaired) electrons. The Balaban J connectivity index is 1.50. The van der Waals surface area contributed by atoms with Gasteiger partial charge in [-0.05, 0) is 78.7 Å². The average molecular weight is 404 g/mol. The summed E-state index contributed by atoms with van der Waals surface area (Å²) in [7, 11) is 1.63. The molecular formula is C24H24N2O4. The number of rotatable bonds is 9. The monoisotopic (exact) mass is 404 g/mol. The van der Waals surface area contributed by atoms with Crippen LogP contribution in [0, 0.1) is 0 Å². The van der Waals surface area contributed by atoms with E-state index in [4.69, 9.17) is 14.2 Å². The number of ether oxygens (including phenoxy) is 3. The van der Waals surface area contributed by atoms with Gasteiger partial charge < -0.3 is 14.2 Å². The van der Waals surface area contributed by atoms with Gasteiger partial charge in [0.05, 0.1) is 19.9 Å². The van der Waals surface area contributed by atoms with E-state index < -0.39 is 0 Å². The highest BCUT2D eigenvalue weighted by Gasteiger charge is 2.05. The summed E-state index contributed by atoms with van der Waals surface area (Å²) in [5, 5.41) is 4.00. The summed E-state index contributed by atoms with van der Waals surface area (Å²) < 4.78 is 16.4. The van der Waals surface area contributed by atoms with Crippen LogP contribution >= 0.6 is 0 Å². The summed E-state index contributed by atoms with van der Waals surface area (Å²) in [5.74, 6) is 1.96. The number of benzene rings is 3. The first-order chi connectivity index (χ1) is 14.7. The fourth-order valence-electron chi connectivity index (χ4n) is 2.68. The van der Waals surface area contributed by atoms with E-state index in [0.29, 0.717) is 24.5 Å². The molecule has 0 saturated heterocycles. The van der Waals surface area contributed by atoms with Crippen molar-refractivity contribution in [3.63, 3.8) is 0 Å². The summed E-state index contributed by atoms with van der Waals surface area (Å²) >= 11 is 0. The van der Waals surface area contributed by atoms with Gasteiger partial charge in [0.2, 0.25) is 0 Å². The van der Waals surface area contributed by atoms with Crippen LogP contribution in [0.25, 0.3) is 0 Å². The molecule has 0 unspecified atom stereocenters. The maximum Gasteiger partial charge on any atom is 0.271 e. The van der Waals surface area contributed by atoms with Crippen LogP contribution in [0.4, 0.5) is 0 Å². The topological polar surface area (TPSA) is 69.2 Å². The molecule has 154 valence electrons. The van der Waals surface area contributed by atoms with Gasteiger partial charge in [0, 0.05) is 5.56 Å². The van der Waals surface area contributed by atoms with Crippen LogP contribution in [0.3, 0.4) is 0 Å². The molecule has 3 aromatic carbocycles. The van der Waals surface area contributed by atoms with Crippen molar-refractivity contribution < 1.29 is 19.0 Å². The Labute approximate surface area is 176 Å². The Bertz CT molecular complexity index is 983. The molecule has 1 amide bonds. The number of carbonyl (C=O) groups excluding carboxylic acids is 1. The number of hydrogen-bond donors (Lipinski definition) is 1. The van der Waals surface area contributed by atoms with Crippen molar-refractivity contribution in [2.75, 3.05) is 13.7 Å². The first-order valence-corrected chi connectivity index (χ1v) is 9.60. The van der Waals surface area contributed by atoms with Crippen LogP contribution in [0.1, 0.15) is 28.4 Å². The van der Waals surface area contributed by atoms with Crippen molar-refractivity contribution in [3.8, 4) is 17.2 Å². The van der Waals surface area contributed by atoms with E-state index in [1.807, 2.05) is 55.5 Å². The van der Waals surface area contributed by atoms with Crippen molar-refractivity contribution in [1.82, 2.24) is 5.43 Å². The molecule has 6 nitrogen and oxygen atoms in total. The lowest BCUT2D eigenvalue weighted by atomic mass is 10.2. The first-order valence-electron chi connectivity index (χ1n) is 9.60. The zero-order valence-electron chi connectivity index (χ0n) is 17.0. The van der Waals surface area contributed by atoms with Gasteiger partial charge >= 0.3 is 0 Å². The Kier molecular flexibility index (Phi) is 7.44. The number of hydrazone groups is 1. The average Bonchev–Trinajstić information content (AvgIpc) is 2.79. The third kappa shape index (κ3) is 6.10. The molecule has 1 N–H and O–H groups in total. The normalized spacial score (nSPS) is 10.6. The van der Waals surface area contributed by atoms with Gasteiger partial charge in [0.15, 0.2) is 0 Å². The molecule has 0 aromatic heterocycles. The van der Waals surface area contributed by atoms with Gasteiger partial charge in [-0.25, -0.2) is 5.43 Å². The number of nitrogens with zero attached hydrogens (tertiary/aromatic N) is 1. The summed E-state index contributed by atoms with van der Waals surface area (Å²) in [4.78, 5) is 12.2. The van der Waals surface area contributed by atoms with Crippen molar-refractivity contribution in [2.45, 2.75) is 13.5 Å². The van der Waals surface area contributed by atoms with E-state index in [0.717, 1.165) is 22.6 Å². The third-order valence-corrected chi connectivity index (χ3v) is 4.23. The molecule has 0 spiro atoms. The minimum absolute atomic E-state index is 0.295. The summed E-state index contributed by atoms with van der Waals surface area (Å²) in [6.07, 6.45) is 1.58. The lowest BCUT2D eigenvalue weighted by Gasteiger charge is -2.08. The van der Waals surface area contributed by atoms with Gasteiger partial charge in [-0.3, -0.25) is 4.79 Å². The standard InChI is InChI=1S/C24H24N2O4/c1-3-29-21-11-7-18(8-12-21)16-25-26-24(27)20-9-13-22(14-10-20)30-17-19-5-4-6-23(15-19)28-2/h4-16H,3,17H2,1-2H3,(H,26,27)/b25-16-. The van der Waals surface area contributed by atoms with Gasteiger partial charge in [0.25, 0.3) is 5.91 Å². The quantitative estimate of drug-likeness (QED) is 0.423. The largest absolute Gasteiger partial charge is 0.497 e. The van der Waals surface area contributed by atoms with E-state index in [-0.39, 0.29) is 5.91 Å². The smallest absolute Gasteiger partial charge is 0.271 e. The van der Waals surface area contributed by atoms with Crippen molar-refractivity contribution in [3.05, 3.63) is 89.5 Å². The number of amides is 1. The predicted molar refractivity (Wildman–Crippen MR) is 116 cm³/mol. The summed E-state index contributed by atoms with van der Waals surface area (Å²) in [6, 6.07) is 22.0. The Morgan fingerprint density at radius 1 is 0.933 bits per heavy atom. The molecule has 0 aliphatic carbocycles. The van der Waals surface area contributed by atoms with Crippen LogP contribution in [0.5, 0.6) is 17.2 Å². The predicted octanol–water partition coefficient (Wildman–Crippen LogP) is 4.44. The molecule has 0 heterocycles. The molecule has 3 aromatic rings. The van der Waals surface area contributed by atoms with Crippen molar-refractivity contribution >= 4 is 12.1 Å². The van der Waals surface area contributed by atoms with Crippen molar-refractivity contribution in [2.24, 2.45) is 5.10 Å². The number of hydrogen-bond acceptors (Lipinski definition) is 5. The SMILES string of the molecule is CCOc1ccc(/C=N\NC(=O)c2ccc(OCc3cccc(OC)c3)cc2)cc1. The van der Waals surface area contributed by atoms with Crippen molar-refractivity contribution in [1.29, 1.82) is 0 Å². The maximum atomic E-state index is 12.2. The van der Waals surface area contributed by atoms with Gasteiger partial charge in [-0.15, -0.1) is 0 Å². The van der Waals surface area contributed by atoms with E-state index in [2.05, 4.69) is 10.5 Å².